The zero-order chi connectivity index (χ0) is 17.3. The van der Waals surface area contributed by atoms with Crippen molar-refractivity contribution in [3.63, 3.8) is 0 Å². The summed E-state index contributed by atoms with van der Waals surface area (Å²) in [4.78, 5) is 1.22. The van der Waals surface area contributed by atoms with E-state index < -0.39 is 0 Å². The van der Waals surface area contributed by atoms with Crippen LogP contribution in [0.2, 0.25) is 0 Å². The van der Waals surface area contributed by atoms with Gasteiger partial charge in [-0.25, -0.2) is 0 Å². The summed E-state index contributed by atoms with van der Waals surface area (Å²) in [7, 11) is 0. The van der Waals surface area contributed by atoms with Gasteiger partial charge in [0.15, 0.2) is 0 Å². The van der Waals surface area contributed by atoms with Crippen LogP contribution in [0, 0.1) is 0 Å². The average molecular weight is 355 g/mol. The van der Waals surface area contributed by atoms with E-state index in [0.29, 0.717) is 0 Å². The number of hydrogen-bond donors (Lipinski definition) is 1. The SMILES string of the molecule is CCCCOc1ccc(SNCCCn2ccc3ccccc32)cc1. The van der Waals surface area contributed by atoms with Gasteiger partial charge in [-0.1, -0.05) is 31.5 Å². The molecule has 3 aromatic rings. The molecular weight excluding hydrogens is 328 g/mol. The normalized spacial score (nSPS) is 11.1. The lowest BCUT2D eigenvalue weighted by Gasteiger charge is -2.08. The lowest BCUT2D eigenvalue weighted by atomic mass is 10.2. The Morgan fingerprint density at radius 3 is 2.68 bits per heavy atom. The lowest BCUT2D eigenvalue weighted by molar-refractivity contribution is 0.309. The molecule has 1 aromatic heterocycles. The van der Waals surface area contributed by atoms with Crippen LogP contribution in [0.25, 0.3) is 10.9 Å². The predicted octanol–water partition coefficient (Wildman–Crippen LogP) is 5.51. The minimum atomic E-state index is 0.801. The molecule has 0 fully saturated rings. The van der Waals surface area contributed by atoms with Gasteiger partial charge in [-0.15, -0.1) is 0 Å². The van der Waals surface area contributed by atoms with Gasteiger partial charge in [0.25, 0.3) is 0 Å². The Labute approximate surface area is 154 Å². The molecule has 25 heavy (non-hydrogen) atoms. The zero-order valence-electron chi connectivity index (χ0n) is 14.8. The topological polar surface area (TPSA) is 26.2 Å². The maximum Gasteiger partial charge on any atom is 0.119 e. The first-order valence-electron chi connectivity index (χ1n) is 9.03. The predicted molar refractivity (Wildman–Crippen MR) is 107 cm³/mol. The standard InChI is InChI=1S/C21H26N2OS/c1-2-3-17-24-19-9-11-20(12-10-19)25-22-14-6-15-23-16-13-18-7-4-5-8-21(18)23/h4-5,7-13,16,22H,2-3,6,14-15,17H2,1H3. The fourth-order valence-corrected chi connectivity index (χ4v) is 3.42. The van der Waals surface area contributed by atoms with Crippen LogP contribution in [0.5, 0.6) is 5.75 Å². The molecule has 0 unspecified atom stereocenters. The molecule has 0 spiro atoms. The monoisotopic (exact) mass is 354 g/mol. The number of unbranched alkanes of at least 4 members (excludes halogenated alkanes) is 1. The molecule has 0 saturated carbocycles. The third kappa shape index (κ3) is 5.28. The molecule has 0 bridgehead atoms. The largest absolute Gasteiger partial charge is 0.494 e. The van der Waals surface area contributed by atoms with Gasteiger partial charge in [-0.05, 0) is 66.6 Å². The van der Waals surface area contributed by atoms with Gasteiger partial charge >= 0.3 is 0 Å². The van der Waals surface area contributed by atoms with E-state index in [-0.39, 0.29) is 0 Å². The van der Waals surface area contributed by atoms with Gasteiger partial charge in [0.2, 0.25) is 0 Å². The van der Waals surface area contributed by atoms with E-state index in [4.69, 9.17) is 4.74 Å². The third-order valence-electron chi connectivity index (χ3n) is 4.14. The highest BCUT2D eigenvalue weighted by molar-refractivity contribution is 7.97. The highest BCUT2D eigenvalue weighted by Crippen LogP contribution is 2.20. The lowest BCUT2D eigenvalue weighted by Crippen LogP contribution is -2.08. The van der Waals surface area contributed by atoms with Crippen molar-refractivity contribution in [2.75, 3.05) is 13.2 Å². The fraction of sp³-hybridized carbons (Fsp3) is 0.333. The first-order valence-corrected chi connectivity index (χ1v) is 9.85. The molecule has 0 aliphatic rings. The van der Waals surface area contributed by atoms with E-state index in [1.807, 2.05) is 12.1 Å². The molecule has 0 atom stereocenters. The Balaban J connectivity index is 1.37. The average Bonchev–Trinajstić information content (AvgIpc) is 3.06. The van der Waals surface area contributed by atoms with Crippen molar-refractivity contribution in [1.82, 2.24) is 9.29 Å². The number of rotatable bonds is 10. The highest BCUT2D eigenvalue weighted by Gasteiger charge is 2.00. The van der Waals surface area contributed by atoms with Crippen LogP contribution in [0.4, 0.5) is 0 Å². The number of aromatic nitrogens is 1. The summed E-state index contributed by atoms with van der Waals surface area (Å²) in [5.74, 6) is 0.956. The van der Waals surface area contributed by atoms with Gasteiger partial charge in [0.05, 0.1) is 6.61 Å². The molecule has 1 N–H and O–H groups in total. The van der Waals surface area contributed by atoms with Crippen LogP contribution < -0.4 is 9.46 Å². The van der Waals surface area contributed by atoms with Gasteiger partial charge < -0.3 is 9.30 Å². The summed E-state index contributed by atoms with van der Waals surface area (Å²) >= 11 is 1.68. The van der Waals surface area contributed by atoms with E-state index in [0.717, 1.165) is 44.7 Å². The van der Waals surface area contributed by atoms with E-state index in [9.17, 15) is 0 Å². The molecule has 132 valence electrons. The van der Waals surface area contributed by atoms with Crippen LogP contribution in [0.1, 0.15) is 26.2 Å². The first-order chi connectivity index (χ1) is 12.4. The molecule has 2 aromatic carbocycles. The molecule has 0 aliphatic carbocycles. The molecule has 1 heterocycles. The molecule has 0 radical (unpaired) electrons. The Morgan fingerprint density at radius 1 is 1.00 bits per heavy atom. The van der Waals surface area contributed by atoms with Gasteiger partial charge in [-0.2, -0.15) is 0 Å². The molecule has 3 nitrogen and oxygen atoms in total. The van der Waals surface area contributed by atoms with Crippen LogP contribution in [-0.2, 0) is 6.54 Å². The van der Waals surface area contributed by atoms with Gasteiger partial charge in [0, 0.05) is 29.7 Å². The summed E-state index contributed by atoms with van der Waals surface area (Å²) in [6.07, 6.45) is 5.55. The number of fused-ring (bicyclic) bond motifs is 1. The number of nitrogens with one attached hydrogen (secondary N) is 1. The molecule has 4 heteroatoms. The van der Waals surface area contributed by atoms with Crippen molar-refractivity contribution >= 4 is 22.9 Å². The number of aryl methyl sites for hydroxylation is 1. The summed E-state index contributed by atoms with van der Waals surface area (Å²) in [6, 6.07) is 19.0. The van der Waals surface area contributed by atoms with Gasteiger partial charge in [0.1, 0.15) is 5.75 Å². The number of benzene rings is 2. The van der Waals surface area contributed by atoms with Gasteiger partial charge in [-0.3, -0.25) is 4.72 Å². The summed E-state index contributed by atoms with van der Waals surface area (Å²) in [5.41, 5.74) is 1.31. The van der Waals surface area contributed by atoms with Crippen molar-refractivity contribution in [2.45, 2.75) is 37.6 Å². The smallest absolute Gasteiger partial charge is 0.119 e. The Hall–Kier alpha value is -1.91. The maximum absolute atomic E-state index is 5.69. The second-order valence-electron chi connectivity index (χ2n) is 6.09. The third-order valence-corrected chi connectivity index (χ3v) is 4.99. The number of hydrogen-bond acceptors (Lipinski definition) is 3. The van der Waals surface area contributed by atoms with E-state index in [1.54, 1.807) is 11.9 Å². The minimum Gasteiger partial charge on any atom is -0.494 e. The molecule has 0 amide bonds. The van der Waals surface area contributed by atoms with Crippen molar-refractivity contribution < 1.29 is 4.74 Å². The quantitative estimate of drug-likeness (QED) is 0.384. The summed E-state index contributed by atoms with van der Waals surface area (Å²) in [5, 5.41) is 1.31. The molecule has 0 saturated heterocycles. The zero-order valence-corrected chi connectivity index (χ0v) is 15.6. The van der Waals surface area contributed by atoms with Crippen molar-refractivity contribution in [3.8, 4) is 5.75 Å². The Morgan fingerprint density at radius 2 is 1.84 bits per heavy atom. The van der Waals surface area contributed by atoms with Crippen molar-refractivity contribution in [3.05, 3.63) is 60.8 Å². The molecule has 0 aliphatic heterocycles. The highest BCUT2D eigenvalue weighted by atomic mass is 32.2. The number of nitrogens with zero attached hydrogens (tertiary/aromatic N) is 1. The van der Waals surface area contributed by atoms with Crippen LogP contribution in [0.3, 0.4) is 0 Å². The van der Waals surface area contributed by atoms with E-state index in [2.05, 4.69) is 64.9 Å². The maximum atomic E-state index is 5.69. The summed E-state index contributed by atoms with van der Waals surface area (Å²) in [6.45, 7) is 4.99. The number of para-hydroxylation sites is 1. The van der Waals surface area contributed by atoms with Crippen LogP contribution >= 0.6 is 11.9 Å². The van der Waals surface area contributed by atoms with Crippen molar-refractivity contribution in [1.29, 1.82) is 0 Å². The second-order valence-corrected chi connectivity index (χ2v) is 7.06. The summed E-state index contributed by atoms with van der Waals surface area (Å²) < 4.78 is 11.5. The van der Waals surface area contributed by atoms with E-state index >= 15 is 0 Å². The van der Waals surface area contributed by atoms with Crippen molar-refractivity contribution in [2.24, 2.45) is 0 Å². The second kappa shape index (κ2) is 9.54. The van der Waals surface area contributed by atoms with Crippen LogP contribution in [-0.4, -0.2) is 17.7 Å². The Kier molecular flexibility index (Phi) is 6.83. The molecule has 3 rings (SSSR count). The first kappa shape index (κ1) is 17.9. The fourth-order valence-electron chi connectivity index (χ4n) is 2.73. The number of ether oxygens (including phenoxy) is 1. The van der Waals surface area contributed by atoms with E-state index in [1.165, 1.54) is 15.8 Å². The van der Waals surface area contributed by atoms with Crippen LogP contribution in [0.15, 0.2) is 65.7 Å². The Bertz CT molecular complexity index is 767. The molecular formula is C21H26N2OS. The minimum absolute atomic E-state index is 0.801.